The Morgan fingerprint density at radius 1 is 1.75 bits per heavy atom. The molecule has 0 saturated carbocycles. The molecule has 0 aliphatic rings. The van der Waals surface area contributed by atoms with E-state index in [2.05, 4.69) is 19.9 Å². The zero-order valence-electron chi connectivity index (χ0n) is 5.35. The third-order valence-corrected chi connectivity index (χ3v) is 1.14. The highest BCUT2D eigenvalue weighted by Gasteiger charge is 1.96. The number of rotatable bonds is 3. The molecule has 0 aliphatic heterocycles. The van der Waals surface area contributed by atoms with Gasteiger partial charge in [0.05, 0.1) is 6.07 Å². The van der Waals surface area contributed by atoms with Crippen LogP contribution in [0.4, 0.5) is 0 Å². The van der Waals surface area contributed by atoms with Gasteiger partial charge in [-0.1, -0.05) is 20.3 Å². The lowest BCUT2D eigenvalue weighted by Crippen LogP contribution is -1.89. The lowest BCUT2D eigenvalue weighted by molar-refractivity contribution is 0.551. The Hall–Kier alpha value is -0.510. The zero-order valence-corrected chi connectivity index (χ0v) is 5.35. The second-order valence-electron chi connectivity index (χ2n) is 2.11. The minimum absolute atomic E-state index is 0.539. The molecule has 0 aromatic carbocycles. The van der Waals surface area contributed by atoms with Crippen LogP contribution in [0.2, 0.25) is 0 Å². The summed E-state index contributed by atoms with van der Waals surface area (Å²) < 4.78 is 0. The summed E-state index contributed by atoms with van der Waals surface area (Å²) in [7, 11) is 0. The summed E-state index contributed by atoms with van der Waals surface area (Å²) in [5.41, 5.74) is 0. The first-order valence-corrected chi connectivity index (χ1v) is 2.97. The Bertz CT molecular complexity index is 80.9. The first kappa shape index (κ1) is 7.49. The molecule has 0 bridgehead atoms. The fourth-order valence-electron chi connectivity index (χ4n) is 0.606. The number of hydrogen-bond acceptors (Lipinski definition) is 1. The molecule has 8 heavy (non-hydrogen) atoms. The molecule has 0 fully saturated rings. The van der Waals surface area contributed by atoms with E-state index in [4.69, 9.17) is 5.26 Å². The molecule has 0 N–H and O–H groups in total. The van der Waals surface area contributed by atoms with Crippen LogP contribution in [0.1, 0.15) is 26.2 Å². The molecule has 0 aromatic rings. The van der Waals surface area contributed by atoms with Crippen molar-refractivity contribution in [2.75, 3.05) is 0 Å². The van der Waals surface area contributed by atoms with Crippen molar-refractivity contribution in [3.63, 3.8) is 0 Å². The first-order valence-electron chi connectivity index (χ1n) is 2.97. The average molecular weight is 110 g/mol. The zero-order chi connectivity index (χ0) is 6.41. The SMILES string of the molecule is [CH2]CCC(C)CC#N. The first-order chi connectivity index (χ1) is 3.81. The van der Waals surface area contributed by atoms with Crippen LogP contribution >= 0.6 is 0 Å². The van der Waals surface area contributed by atoms with Crippen LogP contribution in [-0.4, -0.2) is 0 Å². The maximum absolute atomic E-state index is 8.19. The number of hydrogen-bond donors (Lipinski definition) is 0. The van der Waals surface area contributed by atoms with Gasteiger partial charge in [-0.3, -0.25) is 0 Å². The number of nitriles is 1. The molecule has 1 atom stereocenters. The lowest BCUT2D eigenvalue weighted by Gasteiger charge is -2.00. The predicted molar refractivity (Wildman–Crippen MR) is 34.0 cm³/mol. The molecule has 1 radical (unpaired) electrons. The average Bonchev–Trinajstić information content (AvgIpc) is 1.68. The number of nitrogens with zero attached hydrogens (tertiary/aromatic N) is 1. The minimum Gasteiger partial charge on any atom is -0.198 e. The fourth-order valence-corrected chi connectivity index (χ4v) is 0.606. The molecular formula is C7H12N. The van der Waals surface area contributed by atoms with E-state index in [-0.39, 0.29) is 0 Å². The maximum atomic E-state index is 8.19. The molecule has 0 amide bonds. The van der Waals surface area contributed by atoms with Gasteiger partial charge in [0.25, 0.3) is 0 Å². The summed E-state index contributed by atoms with van der Waals surface area (Å²) in [6, 6.07) is 2.12. The van der Waals surface area contributed by atoms with Crippen LogP contribution in [0.15, 0.2) is 0 Å². The summed E-state index contributed by atoms with van der Waals surface area (Å²) >= 11 is 0. The third-order valence-electron chi connectivity index (χ3n) is 1.14. The van der Waals surface area contributed by atoms with Crippen LogP contribution in [0.25, 0.3) is 0 Å². The second-order valence-corrected chi connectivity index (χ2v) is 2.11. The fraction of sp³-hybridized carbons (Fsp3) is 0.714. The van der Waals surface area contributed by atoms with Gasteiger partial charge in [-0.05, 0) is 12.3 Å². The van der Waals surface area contributed by atoms with Gasteiger partial charge in [-0.15, -0.1) is 0 Å². The molecule has 0 heterocycles. The standard InChI is InChI=1S/C7H12N/c1-3-4-7(2)5-6-8/h7H,1,3-5H2,2H3. The Morgan fingerprint density at radius 3 is 2.75 bits per heavy atom. The summed E-state index contributed by atoms with van der Waals surface area (Å²) in [5.74, 6) is 0.539. The molecule has 0 aliphatic carbocycles. The maximum Gasteiger partial charge on any atom is 0.0624 e. The van der Waals surface area contributed by atoms with Crippen molar-refractivity contribution in [2.24, 2.45) is 5.92 Å². The van der Waals surface area contributed by atoms with Gasteiger partial charge in [-0.25, -0.2) is 0 Å². The van der Waals surface area contributed by atoms with E-state index < -0.39 is 0 Å². The van der Waals surface area contributed by atoms with Gasteiger partial charge >= 0.3 is 0 Å². The monoisotopic (exact) mass is 110 g/mol. The van der Waals surface area contributed by atoms with Crippen LogP contribution in [0, 0.1) is 24.2 Å². The van der Waals surface area contributed by atoms with Gasteiger partial charge in [0, 0.05) is 6.42 Å². The van der Waals surface area contributed by atoms with Crippen LogP contribution in [0.5, 0.6) is 0 Å². The van der Waals surface area contributed by atoms with E-state index in [1.165, 1.54) is 0 Å². The van der Waals surface area contributed by atoms with Crippen molar-refractivity contribution >= 4 is 0 Å². The molecule has 0 rings (SSSR count). The van der Waals surface area contributed by atoms with Crippen LogP contribution in [-0.2, 0) is 0 Å². The van der Waals surface area contributed by atoms with Gasteiger partial charge in [-0.2, -0.15) is 5.26 Å². The quantitative estimate of drug-likeness (QED) is 0.546. The summed E-state index contributed by atoms with van der Waals surface area (Å²) in [5, 5.41) is 8.19. The molecule has 1 nitrogen and oxygen atoms in total. The van der Waals surface area contributed by atoms with Crippen molar-refractivity contribution in [2.45, 2.75) is 26.2 Å². The molecular weight excluding hydrogens is 98.1 g/mol. The van der Waals surface area contributed by atoms with Gasteiger partial charge in [0.1, 0.15) is 0 Å². The van der Waals surface area contributed by atoms with Crippen molar-refractivity contribution < 1.29 is 0 Å². The molecule has 0 saturated heterocycles. The normalized spacial score (nSPS) is 12.6. The van der Waals surface area contributed by atoms with E-state index in [1.807, 2.05) is 0 Å². The summed E-state index contributed by atoms with van der Waals surface area (Å²) in [6.45, 7) is 5.78. The summed E-state index contributed by atoms with van der Waals surface area (Å²) in [6.07, 6.45) is 2.70. The summed E-state index contributed by atoms with van der Waals surface area (Å²) in [4.78, 5) is 0. The van der Waals surface area contributed by atoms with E-state index in [0.717, 1.165) is 12.8 Å². The van der Waals surface area contributed by atoms with Gasteiger partial charge < -0.3 is 0 Å². The Kier molecular flexibility index (Phi) is 4.35. The highest BCUT2D eigenvalue weighted by molar-refractivity contribution is 4.72. The third kappa shape index (κ3) is 3.67. The van der Waals surface area contributed by atoms with E-state index in [1.54, 1.807) is 0 Å². The van der Waals surface area contributed by atoms with E-state index in [0.29, 0.717) is 12.3 Å². The predicted octanol–water partition coefficient (Wildman–Crippen LogP) is 2.15. The van der Waals surface area contributed by atoms with E-state index in [9.17, 15) is 0 Å². The molecule has 1 unspecified atom stereocenters. The minimum atomic E-state index is 0.539. The van der Waals surface area contributed by atoms with Crippen molar-refractivity contribution in [1.29, 1.82) is 5.26 Å². The van der Waals surface area contributed by atoms with E-state index >= 15 is 0 Å². The Labute approximate surface area is 51.3 Å². The highest BCUT2D eigenvalue weighted by atomic mass is 14.2. The van der Waals surface area contributed by atoms with Gasteiger partial charge in [0.2, 0.25) is 0 Å². The highest BCUT2D eigenvalue weighted by Crippen LogP contribution is 2.07. The second kappa shape index (κ2) is 4.64. The van der Waals surface area contributed by atoms with Crippen LogP contribution in [0.3, 0.4) is 0 Å². The topological polar surface area (TPSA) is 23.8 Å². The Morgan fingerprint density at radius 2 is 2.38 bits per heavy atom. The Balaban J connectivity index is 3.08. The van der Waals surface area contributed by atoms with Gasteiger partial charge in [0.15, 0.2) is 0 Å². The molecule has 0 aromatic heterocycles. The lowest BCUT2D eigenvalue weighted by atomic mass is 10.0. The van der Waals surface area contributed by atoms with Crippen molar-refractivity contribution in [1.82, 2.24) is 0 Å². The smallest absolute Gasteiger partial charge is 0.0624 e. The van der Waals surface area contributed by atoms with Crippen molar-refractivity contribution in [3.8, 4) is 6.07 Å². The largest absolute Gasteiger partial charge is 0.198 e. The van der Waals surface area contributed by atoms with Crippen LogP contribution < -0.4 is 0 Å². The molecule has 45 valence electrons. The molecule has 1 heteroatoms. The van der Waals surface area contributed by atoms with Crippen molar-refractivity contribution in [3.05, 3.63) is 6.92 Å². The molecule has 0 spiro atoms.